The van der Waals surface area contributed by atoms with Crippen molar-refractivity contribution < 1.29 is 22.3 Å². The third kappa shape index (κ3) is 7.12. The van der Waals surface area contributed by atoms with Gasteiger partial charge in [0, 0.05) is 16.2 Å². The van der Waals surface area contributed by atoms with Crippen LogP contribution in [0.15, 0.2) is 41.3 Å². The summed E-state index contributed by atoms with van der Waals surface area (Å²) in [5, 5.41) is 0. The Morgan fingerprint density at radius 2 is 1.87 bits per heavy atom. The number of aryl methyl sites for hydroxylation is 1. The summed E-state index contributed by atoms with van der Waals surface area (Å²) in [5.74, 6) is -0.203. The average molecular weight is 468 g/mol. The molecule has 170 valence electrons. The number of methoxy groups -OCH3 is 1. The van der Waals surface area contributed by atoms with Gasteiger partial charge in [0.25, 0.3) is 0 Å². The molecule has 1 aliphatic carbocycles. The zero-order valence-electron chi connectivity index (χ0n) is 17.8. The Morgan fingerprint density at radius 3 is 2.55 bits per heavy atom. The second-order valence-corrected chi connectivity index (χ2v) is 11.0. The van der Waals surface area contributed by atoms with E-state index in [-0.39, 0.29) is 16.9 Å². The second kappa shape index (κ2) is 11.2. The molecular weight excluding hydrogens is 437 g/mol. The third-order valence-electron chi connectivity index (χ3n) is 5.77. The Balaban J connectivity index is 1.74. The van der Waals surface area contributed by atoms with Gasteiger partial charge in [0.15, 0.2) is 0 Å². The van der Waals surface area contributed by atoms with Crippen LogP contribution in [0, 0.1) is 11.7 Å². The van der Waals surface area contributed by atoms with Gasteiger partial charge in [-0.1, -0.05) is 32.1 Å². The van der Waals surface area contributed by atoms with Crippen LogP contribution in [-0.4, -0.2) is 21.5 Å². The smallest absolute Gasteiger partial charge is 0.305 e. The van der Waals surface area contributed by atoms with Crippen molar-refractivity contribution in [3.05, 3.63) is 52.0 Å². The van der Waals surface area contributed by atoms with Crippen molar-refractivity contribution in [2.45, 2.75) is 68.7 Å². The van der Waals surface area contributed by atoms with Crippen LogP contribution in [0.3, 0.4) is 0 Å². The maximum Gasteiger partial charge on any atom is 0.305 e. The molecule has 1 atom stereocenters. The molecule has 0 spiro atoms. The minimum Gasteiger partial charge on any atom is -0.469 e. The van der Waals surface area contributed by atoms with Gasteiger partial charge in [0.2, 0.25) is 10.0 Å². The summed E-state index contributed by atoms with van der Waals surface area (Å²) in [6, 6.07) is 8.59. The number of hydrogen-bond donors (Lipinski definition) is 1. The number of thiophene rings is 1. The molecule has 3 rings (SSSR count). The van der Waals surface area contributed by atoms with Crippen LogP contribution in [0.5, 0.6) is 0 Å². The molecule has 31 heavy (non-hydrogen) atoms. The van der Waals surface area contributed by atoms with Crippen molar-refractivity contribution in [1.29, 1.82) is 0 Å². The van der Waals surface area contributed by atoms with E-state index in [0.29, 0.717) is 18.8 Å². The van der Waals surface area contributed by atoms with E-state index in [9.17, 15) is 17.6 Å². The number of nitrogens with one attached hydrogen (secondary N) is 1. The van der Waals surface area contributed by atoms with Gasteiger partial charge in [-0.2, -0.15) is 0 Å². The van der Waals surface area contributed by atoms with Crippen LogP contribution < -0.4 is 4.72 Å². The molecule has 5 nitrogen and oxygen atoms in total. The summed E-state index contributed by atoms with van der Waals surface area (Å²) in [7, 11) is -2.39. The van der Waals surface area contributed by atoms with Gasteiger partial charge in [-0.25, -0.2) is 17.5 Å². The van der Waals surface area contributed by atoms with E-state index in [4.69, 9.17) is 0 Å². The molecule has 1 heterocycles. The van der Waals surface area contributed by atoms with Crippen molar-refractivity contribution in [2.24, 2.45) is 5.92 Å². The van der Waals surface area contributed by atoms with E-state index < -0.39 is 15.8 Å². The first-order chi connectivity index (χ1) is 14.9. The summed E-state index contributed by atoms with van der Waals surface area (Å²) in [6.07, 6.45) is 8.41. The van der Waals surface area contributed by atoms with Crippen LogP contribution in [0.4, 0.5) is 4.39 Å². The van der Waals surface area contributed by atoms with E-state index in [0.717, 1.165) is 47.6 Å². The van der Waals surface area contributed by atoms with Crippen LogP contribution in [0.25, 0.3) is 0 Å². The summed E-state index contributed by atoms with van der Waals surface area (Å²) < 4.78 is 46.8. The lowest BCUT2D eigenvalue weighted by Gasteiger charge is -2.26. The van der Waals surface area contributed by atoms with Gasteiger partial charge in [0.1, 0.15) is 5.82 Å². The average Bonchev–Trinajstić information content (AvgIpc) is 3.23. The Labute approximate surface area is 188 Å². The molecule has 1 saturated carbocycles. The third-order valence-corrected chi connectivity index (χ3v) is 8.52. The van der Waals surface area contributed by atoms with Crippen LogP contribution in [0.1, 0.15) is 67.2 Å². The van der Waals surface area contributed by atoms with E-state index in [2.05, 4.69) is 9.46 Å². The van der Waals surface area contributed by atoms with Gasteiger partial charge < -0.3 is 4.74 Å². The maximum atomic E-state index is 13.2. The molecule has 1 unspecified atom stereocenters. The summed E-state index contributed by atoms with van der Waals surface area (Å²) in [5.41, 5.74) is 0. The van der Waals surface area contributed by atoms with E-state index >= 15 is 0 Å². The molecule has 0 radical (unpaired) electrons. The molecule has 2 aromatic rings. The zero-order valence-corrected chi connectivity index (χ0v) is 19.4. The highest BCUT2D eigenvalue weighted by molar-refractivity contribution is 7.89. The number of esters is 1. The highest BCUT2D eigenvalue weighted by atomic mass is 32.2. The molecule has 0 aliphatic heterocycles. The molecule has 0 saturated heterocycles. The zero-order chi connectivity index (χ0) is 22.3. The monoisotopic (exact) mass is 467 g/mol. The Hall–Kier alpha value is -1.77. The molecule has 8 heteroatoms. The standard InChI is InChI=1S/C23H30FNO4S2/c1-29-23(26)9-5-8-19-12-15-22(30-19)21(16-17-6-3-2-4-7-17)25-31(27,28)20-13-10-18(24)11-14-20/h10-15,17,21,25H,2-9,16H2,1H3. The second-order valence-electron chi connectivity index (χ2n) is 8.10. The SMILES string of the molecule is COC(=O)CCCc1ccc(C(CC2CCCCC2)NS(=O)(=O)c2ccc(F)cc2)s1. The lowest BCUT2D eigenvalue weighted by Crippen LogP contribution is -2.30. The first kappa shape index (κ1) is 23.9. The fourth-order valence-electron chi connectivity index (χ4n) is 4.07. The molecular formula is C23H30FNO4S2. The highest BCUT2D eigenvalue weighted by Crippen LogP contribution is 2.35. The summed E-state index contributed by atoms with van der Waals surface area (Å²) in [4.78, 5) is 13.5. The normalized spacial score (nSPS) is 16.2. The van der Waals surface area contributed by atoms with Gasteiger partial charge in [0.05, 0.1) is 18.0 Å². The predicted octanol–water partition coefficient (Wildman–Crippen LogP) is 5.37. The number of rotatable bonds is 10. The van der Waals surface area contributed by atoms with Crippen molar-refractivity contribution in [2.75, 3.05) is 7.11 Å². The highest BCUT2D eigenvalue weighted by Gasteiger charge is 2.26. The van der Waals surface area contributed by atoms with Crippen molar-refractivity contribution in [3.63, 3.8) is 0 Å². The molecule has 1 fully saturated rings. The summed E-state index contributed by atoms with van der Waals surface area (Å²) >= 11 is 1.59. The molecule has 0 amide bonds. The van der Waals surface area contributed by atoms with E-state index in [1.165, 1.54) is 38.5 Å². The number of carbonyl (C=O) groups excluding carboxylic acids is 1. The minimum absolute atomic E-state index is 0.0670. The van der Waals surface area contributed by atoms with Crippen molar-refractivity contribution in [1.82, 2.24) is 4.72 Å². The Morgan fingerprint density at radius 1 is 1.16 bits per heavy atom. The number of ether oxygens (including phenoxy) is 1. The number of benzene rings is 1. The minimum atomic E-state index is -3.77. The van der Waals surface area contributed by atoms with Crippen LogP contribution in [-0.2, 0) is 26.0 Å². The largest absolute Gasteiger partial charge is 0.469 e. The quantitative estimate of drug-likeness (QED) is 0.477. The lowest BCUT2D eigenvalue weighted by atomic mass is 9.85. The number of hydrogen-bond acceptors (Lipinski definition) is 5. The fourth-order valence-corrected chi connectivity index (χ4v) is 6.49. The van der Waals surface area contributed by atoms with Crippen LogP contribution in [0.2, 0.25) is 0 Å². The van der Waals surface area contributed by atoms with E-state index in [1.54, 1.807) is 11.3 Å². The molecule has 1 aromatic heterocycles. The van der Waals surface area contributed by atoms with Gasteiger partial charge in [-0.05, 0) is 61.6 Å². The maximum absolute atomic E-state index is 13.2. The fraction of sp³-hybridized carbons (Fsp3) is 0.522. The molecule has 0 bridgehead atoms. The Bertz CT molecular complexity index is 950. The van der Waals surface area contributed by atoms with Crippen LogP contribution >= 0.6 is 11.3 Å². The Kier molecular flexibility index (Phi) is 8.63. The van der Waals surface area contributed by atoms with Gasteiger partial charge >= 0.3 is 5.97 Å². The number of sulfonamides is 1. The first-order valence-corrected chi connectivity index (χ1v) is 13.1. The number of carbonyl (C=O) groups is 1. The molecule has 1 aliphatic rings. The van der Waals surface area contributed by atoms with Gasteiger partial charge in [-0.3, -0.25) is 4.79 Å². The lowest BCUT2D eigenvalue weighted by molar-refractivity contribution is -0.140. The first-order valence-electron chi connectivity index (χ1n) is 10.8. The number of halogens is 1. The molecule has 1 N–H and O–H groups in total. The van der Waals surface area contributed by atoms with Crippen molar-refractivity contribution in [3.8, 4) is 0 Å². The van der Waals surface area contributed by atoms with E-state index in [1.807, 2.05) is 12.1 Å². The predicted molar refractivity (Wildman–Crippen MR) is 120 cm³/mol. The topological polar surface area (TPSA) is 72.5 Å². The summed E-state index contributed by atoms with van der Waals surface area (Å²) in [6.45, 7) is 0. The van der Waals surface area contributed by atoms with Gasteiger partial charge in [-0.15, -0.1) is 11.3 Å². The molecule has 1 aromatic carbocycles. The van der Waals surface area contributed by atoms with Crippen molar-refractivity contribution >= 4 is 27.3 Å².